The van der Waals surface area contributed by atoms with Crippen LogP contribution in [-0.2, 0) is 12.8 Å². The van der Waals surface area contributed by atoms with Gasteiger partial charge in [-0.05, 0) is 25.7 Å². The molecule has 0 aliphatic heterocycles. The fraction of sp³-hybridized carbons (Fsp3) is 0.636. The largest absolute Gasteiger partial charge is 0.366 e. The zero-order valence-electron chi connectivity index (χ0n) is 8.96. The Bertz CT molecular complexity index is 337. The second kappa shape index (κ2) is 4.79. The zero-order chi connectivity index (χ0) is 10.7. The average molecular weight is 226 g/mol. The van der Waals surface area contributed by atoms with Gasteiger partial charge in [-0.15, -0.1) is 11.6 Å². The standard InChI is InChI=1S/C11H16ClN3/c1-2-8(6-12)15-11-9-4-3-5-10(9)13-7-14-11/h7-8H,2-6H2,1H3,(H,13,14,15). The molecule has 0 saturated heterocycles. The maximum atomic E-state index is 5.86. The highest BCUT2D eigenvalue weighted by molar-refractivity contribution is 6.18. The third kappa shape index (κ3) is 2.23. The van der Waals surface area contributed by atoms with Gasteiger partial charge in [-0.25, -0.2) is 9.97 Å². The first-order valence-electron chi connectivity index (χ1n) is 5.50. The van der Waals surface area contributed by atoms with Crippen LogP contribution in [0.2, 0.25) is 0 Å². The number of aryl methyl sites for hydroxylation is 1. The van der Waals surface area contributed by atoms with Gasteiger partial charge in [0.05, 0.1) is 0 Å². The first-order chi connectivity index (χ1) is 7.35. The molecule has 1 atom stereocenters. The van der Waals surface area contributed by atoms with Crippen LogP contribution in [0.5, 0.6) is 0 Å². The first kappa shape index (κ1) is 10.7. The van der Waals surface area contributed by atoms with E-state index in [1.807, 2.05) is 0 Å². The summed E-state index contributed by atoms with van der Waals surface area (Å²) in [7, 11) is 0. The molecule has 0 fully saturated rings. The Morgan fingerprint density at radius 2 is 2.33 bits per heavy atom. The van der Waals surface area contributed by atoms with Gasteiger partial charge in [-0.1, -0.05) is 6.92 Å². The van der Waals surface area contributed by atoms with Crippen molar-refractivity contribution in [2.45, 2.75) is 38.6 Å². The lowest BCUT2D eigenvalue weighted by Crippen LogP contribution is -2.21. The summed E-state index contributed by atoms with van der Waals surface area (Å²) in [5.74, 6) is 1.61. The maximum Gasteiger partial charge on any atom is 0.133 e. The van der Waals surface area contributed by atoms with Crippen LogP contribution in [0.1, 0.15) is 31.0 Å². The normalized spacial score (nSPS) is 16.1. The van der Waals surface area contributed by atoms with Crippen molar-refractivity contribution < 1.29 is 0 Å². The Morgan fingerprint density at radius 3 is 3.07 bits per heavy atom. The lowest BCUT2D eigenvalue weighted by atomic mass is 10.2. The van der Waals surface area contributed by atoms with Crippen LogP contribution < -0.4 is 5.32 Å². The molecule has 2 rings (SSSR count). The maximum absolute atomic E-state index is 5.86. The number of halogens is 1. The van der Waals surface area contributed by atoms with Crippen molar-refractivity contribution >= 4 is 17.4 Å². The van der Waals surface area contributed by atoms with E-state index < -0.39 is 0 Å². The molecule has 0 radical (unpaired) electrons. The Labute approximate surface area is 95.3 Å². The van der Waals surface area contributed by atoms with Crippen LogP contribution in [0.3, 0.4) is 0 Å². The fourth-order valence-electron chi connectivity index (χ4n) is 1.93. The molecule has 1 aromatic rings. The van der Waals surface area contributed by atoms with E-state index >= 15 is 0 Å². The number of rotatable bonds is 4. The van der Waals surface area contributed by atoms with Crippen LogP contribution in [-0.4, -0.2) is 21.9 Å². The third-order valence-corrected chi connectivity index (χ3v) is 3.27. The number of fused-ring (bicyclic) bond motifs is 1. The fourth-order valence-corrected chi connectivity index (χ4v) is 2.22. The van der Waals surface area contributed by atoms with E-state index in [1.54, 1.807) is 6.33 Å². The molecule has 82 valence electrons. The minimum Gasteiger partial charge on any atom is -0.366 e. The first-order valence-corrected chi connectivity index (χ1v) is 6.03. The van der Waals surface area contributed by atoms with E-state index in [9.17, 15) is 0 Å². The molecule has 1 N–H and O–H groups in total. The summed E-state index contributed by atoms with van der Waals surface area (Å²) in [5.41, 5.74) is 2.50. The smallest absolute Gasteiger partial charge is 0.133 e. The number of alkyl halides is 1. The Kier molecular flexibility index (Phi) is 3.41. The number of aromatic nitrogens is 2. The SMILES string of the molecule is CCC(CCl)Nc1ncnc2c1CCC2. The lowest BCUT2D eigenvalue weighted by Gasteiger charge is -2.16. The van der Waals surface area contributed by atoms with Gasteiger partial charge in [0.15, 0.2) is 0 Å². The summed E-state index contributed by atoms with van der Waals surface area (Å²) >= 11 is 5.86. The zero-order valence-corrected chi connectivity index (χ0v) is 9.72. The topological polar surface area (TPSA) is 37.8 Å². The predicted octanol–water partition coefficient (Wildman–Crippen LogP) is 2.39. The van der Waals surface area contributed by atoms with Crippen molar-refractivity contribution in [3.8, 4) is 0 Å². The van der Waals surface area contributed by atoms with Gasteiger partial charge in [0.1, 0.15) is 12.1 Å². The van der Waals surface area contributed by atoms with E-state index in [1.165, 1.54) is 17.7 Å². The molecule has 1 aromatic heterocycles. The van der Waals surface area contributed by atoms with Crippen LogP contribution in [0.15, 0.2) is 6.33 Å². The van der Waals surface area contributed by atoms with E-state index in [-0.39, 0.29) is 0 Å². The van der Waals surface area contributed by atoms with Crippen LogP contribution >= 0.6 is 11.6 Å². The summed E-state index contributed by atoms with van der Waals surface area (Å²) in [6.07, 6.45) is 6.04. The molecule has 15 heavy (non-hydrogen) atoms. The van der Waals surface area contributed by atoms with Gasteiger partial charge < -0.3 is 5.32 Å². The molecule has 1 unspecified atom stereocenters. The van der Waals surface area contributed by atoms with Crippen LogP contribution in [0, 0.1) is 0 Å². The summed E-state index contributed by atoms with van der Waals surface area (Å²) in [6, 6.07) is 0.311. The summed E-state index contributed by atoms with van der Waals surface area (Å²) in [4.78, 5) is 8.60. The minimum atomic E-state index is 0.311. The molecule has 1 aliphatic rings. The van der Waals surface area contributed by atoms with Crippen molar-refractivity contribution in [2.75, 3.05) is 11.2 Å². The Balaban J connectivity index is 2.18. The summed E-state index contributed by atoms with van der Waals surface area (Å²) in [5, 5.41) is 3.40. The quantitative estimate of drug-likeness (QED) is 0.800. The predicted molar refractivity (Wildman–Crippen MR) is 62.5 cm³/mol. The van der Waals surface area contributed by atoms with Gasteiger partial charge in [0, 0.05) is 23.2 Å². The molecular weight excluding hydrogens is 210 g/mol. The highest BCUT2D eigenvalue weighted by atomic mass is 35.5. The molecule has 0 amide bonds. The number of nitrogens with one attached hydrogen (secondary N) is 1. The second-order valence-corrected chi connectivity index (χ2v) is 4.21. The van der Waals surface area contributed by atoms with Gasteiger partial charge in [-0.3, -0.25) is 0 Å². The van der Waals surface area contributed by atoms with E-state index in [2.05, 4.69) is 22.2 Å². The van der Waals surface area contributed by atoms with E-state index in [4.69, 9.17) is 11.6 Å². The van der Waals surface area contributed by atoms with Crippen LogP contribution in [0.25, 0.3) is 0 Å². The number of nitrogens with zero attached hydrogens (tertiary/aromatic N) is 2. The van der Waals surface area contributed by atoms with Gasteiger partial charge in [0.25, 0.3) is 0 Å². The van der Waals surface area contributed by atoms with Gasteiger partial charge in [-0.2, -0.15) is 0 Å². The van der Waals surface area contributed by atoms with Crippen molar-refractivity contribution in [2.24, 2.45) is 0 Å². The van der Waals surface area contributed by atoms with Crippen molar-refractivity contribution in [3.05, 3.63) is 17.6 Å². The average Bonchev–Trinajstić information content (AvgIpc) is 2.74. The van der Waals surface area contributed by atoms with Crippen molar-refractivity contribution in [3.63, 3.8) is 0 Å². The third-order valence-electron chi connectivity index (χ3n) is 2.89. The van der Waals surface area contributed by atoms with Gasteiger partial charge >= 0.3 is 0 Å². The molecule has 1 heterocycles. The molecular formula is C11H16ClN3. The monoisotopic (exact) mass is 225 g/mol. The Hall–Kier alpha value is -0.830. The highest BCUT2D eigenvalue weighted by Gasteiger charge is 2.18. The Morgan fingerprint density at radius 1 is 1.47 bits per heavy atom. The van der Waals surface area contributed by atoms with Crippen molar-refractivity contribution in [1.82, 2.24) is 9.97 Å². The van der Waals surface area contributed by atoms with E-state index in [0.717, 1.165) is 25.1 Å². The summed E-state index contributed by atoms with van der Waals surface area (Å²) < 4.78 is 0. The molecule has 1 aliphatic carbocycles. The van der Waals surface area contributed by atoms with E-state index in [0.29, 0.717) is 11.9 Å². The van der Waals surface area contributed by atoms with Crippen molar-refractivity contribution in [1.29, 1.82) is 0 Å². The summed E-state index contributed by atoms with van der Waals surface area (Å²) in [6.45, 7) is 2.13. The number of hydrogen-bond acceptors (Lipinski definition) is 3. The number of anilines is 1. The minimum absolute atomic E-state index is 0.311. The molecule has 4 heteroatoms. The molecule has 0 aromatic carbocycles. The second-order valence-electron chi connectivity index (χ2n) is 3.90. The molecule has 3 nitrogen and oxygen atoms in total. The van der Waals surface area contributed by atoms with Gasteiger partial charge in [0.2, 0.25) is 0 Å². The van der Waals surface area contributed by atoms with Crippen LogP contribution in [0.4, 0.5) is 5.82 Å². The molecule has 0 spiro atoms. The molecule has 0 saturated carbocycles. The number of hydrogen-bond donors (Lipinski definition) is 1. The highest BCUT2D eigenvalue weighted by Crippen LogP contribution is 2.25. The lowest BCUT2D eigenvalue weighted by molar-refractivity contribution is 0.761. The molecule has 0 bridgehead atoms.